The Hall–Kier alpha value is -1.09. The van der Waals surface area contributed by atoms with E-state index in [4.69, 9.17) is 4.84 Å². The minimum atomic E-state index is -0.805. The summed E-state index contributed by atoms with van der Waals surface area (Å²) in [4.78, 5) is 29.3. The molecule has 2 saturated carbocycles. The molecule has 6 unspecified atom stereocenters. The largest absolute Gasteiger partial charge is 0.341 e. The number of amides is 1. The van der Waals surface area contributed by atoms with E-state index >= 15 is 0 Å². The monoisotopic (exact) mass is 484 g/mol. The molecular formula is C26H49FN4O3. The Balaban J connectivity index is 0.000000187. The van der Waals surface area contributed by atoms with E-state index in [1.54, 1.807) is 0 Å². The summed E-state index contributed by atoms with van der Waals surface area (Å²) in [6.45, 7) is 7.96. The zero-order valence-electron chi connectivity index (χ0n) is 22.0. The third kappa shape index (κ3) is 8.85. The van der Waals surface area contributed by atoms with E-state index in [9.17, 15) is 14.0 Å². The van der Waals surface area contributed by atoms with Gasteiger partial charge in [-0.25, -0.2) is 4.39 Å². The number of aldehydes is 1. The summed E-state index contributed by atoms with van der Waals surface area (Å²) in [5.41, 5.74) is 2.68. The number of alkyl halides is 1. The van der Waals surface area contributed by atoms with E-state index in [0.29, 0.717) is 24.8 Å². The second-order valence-electron chi connectivity index (χ2n) is 10.8. The molecule has 198 valence electrons. The number of nitrogens with one attached hydrogen (secondary N) is 3. The molecule has 0 aromatic carbocycles. The first-order valence-electron chi connectivity index (χ1n) is 13.4. The van der Waals surface area contributed by atoms with E-state index in [-0.39, 0.29) is 29.9 Å². The second kappa shape index (κ2) is 15.1. The number of hydrogen-bond acceptors (Lipinski definition) is 6. The molecule has 4 rings (SSSR count). The van der Waals surface area contributed by atoms with Crippen molar-refractivity contribution in [1.82, 2.24) is 21.0 Å². The van der Waals surface area contributed by atoms with Crippen LogP contribution in [0, 0.1) is 17.8 Å². The molecule has 0 spiro atoms. The fourth-order valence-electron chi connectivity index (χ4n) is 5.45. The van der Waals surface area contributed by atoms with E-state index in [1.165, 1.54) is 32.1 Å². The van der Waals surface area contributed by atoms with Gasteiger partial charge in [0.25, 0.3) is 0 Å². The maximum absolute atomic E-state index is 13.6. The Bertz CT molecular complexity index is 597. The average Bonchev–Trinajstić information content (AvgIpc) is 3.41. The number of likely N-dealkylation sites (N-methyl/N-ethyl adjacent to an activating group) is 1. The predicted molar refractivity (Wildman–Crippen MR) is 134 cm³/mol. The molecule has 0 radical (unpaired) electrons. The first-order valence-corrected chi connectivity index (χ1v) is 13.4. The van der Waals surface area contributed by atoms with Crippen molar-refractivity contribution in [3.05, 3.63) is 0 Å². The molecule has 4 fully saturated rings. The average molecular weight is 485 g/mol. The van der Waals surface area contributed by atoms with Gasteiger partial charge in [0, 0.05) is 37.5 Å². The quantitative estimate of drug-likeness (QED) is 0.532. The lowest BCUT2D eigenvalue weighted by Crippen LogP contribution is -2.53. The lowest BCUT2D eigenvalue weighted by Gasteiger charge is -2.42. The summed E-state index contributed by atoms with van der Waals surface area (Å²) in [6, 6.07) is 0.920. The van der Waals surface area contributed by atoms with Crippen LogP contribution in [-0.4, -0.2) is 74.7 Å². The zero-order valence-corrected chi connectivity index (χ0v) is 22.0. The van der Waals surface area contributed by atoms with Crippen molar-refractivity contribution in [3.63, 3.8) is 0 Å². The lowest BCUT2D eigenvalue weighted by molar-refractivity contribution is -0.166. The molecule has 8 heteroatoms. The van der Waals surface area contributed by atoms with Crippen molar-refractivity contribution in [3.8, 4) is 0 Å². The highest BCUT2D eigenvalue weighted by molar-refractivity contribution is 5.78. The van der Waals surface area contributed by atoms with Gasteiger partial charge in [-0.2, -0.15) is 5.48 Å². The fourth-order valence-corrected chi connectivity index (χ4v) is 5.45. The predicted octanol–water partition coefficient (Wildman–Crippen LogP) is 3.23. The second-order valence-corrected chi connectivity index (χ2v) is 10.8. The van der Waals surface area contributed by atoms with E-state index < -0.39 is 6.17 Å². The minimum absolute atomic E-state index is 0.0602. The van der Waals surface area contributed by atoms with Crippen LogP contribution in [0.25, 0.3) is 0 Å². The van der Waals surface area contributed by atoms with Crippen LogP contribution in [-0.2, 0) is 14.4 Å². The Morgan fingerprint density at radius 2 is 1.85 bits per heavy atom. The van der Waals surface area contributed by atoms with Gasteiger partial charge in [0.2, 0.25) is 5.91 Å². The molecule has 7 nitrogen and oxygen atoms in total. The Kier molecular flexibility index (Phi) is 13.0. The third-order valence-corrected chi connectivity index (χ3v) is 7.83. The van der Waals surface area contributed by atoms with Crippen molar-refractivity contribution in [2.24, 2.45) is 17.8 Å². The number of nitrogens with zero attached hydrogens (tertiary/aromatic N) is 1. The van der Waals surface area contributed by atoms with Crippen LogP contribution >= 0.6 is 0 Å². The summed E-state index contributed by atoms with van der Waals surface area (Å²) in [5, 5.41) is 6.56. The summed E-state index contributed by atoms with van der Waals surface area (Å²) < 4.78 is 13.6. The van der Waals surface area contributed by atoms with Gasteiger partial charge in [0.05, 0.1) is 12.1 Å². The van der Waals surface area contributed by atoms with E-state index in [2.05, 4.69) is 30.1 Å². The maximum atomic E-state index is 13.6. The first kappa shape index (κ1) is 29.1. The van der Waals surface area contributed by atoms with Gasteiger partial charge >= 0.3 is 0 Å². The molecule has 6 atom stereocenters. The molecule has 2 saturated heterocycles. The van der Waals surface area contributed by atoms with Crippen LogP contribution in [0.2, 0.25) is 0 Å². The summed E-state index contributed by atoms with van der Waals surface area (Å²) in [5.74, 6) is 0.654. The molecule has 2 aliphatic carbocycles. The normalized spacial score (nSPS) is 33.6. The van der Waals surface area contributed by atoms with E-state index in [0.717, 1.165) is 38.3 Å². The van der Waals surface area contributed by atoms with Crippen LogP contribution in [0.3, 0.4) is 0 Å². The highest BCUT2D eigenvalue weighted by atomic mass is 19.1. The number of halogens is 1. The topological polar surface area (TPSA) is 82.7 Å². The zero-order chi connectivity index (χ0) is 25.1. The van der Waals surface area contributed by atoms with Crippen molar-refractivity contribution in [1.29, 1.82) is 0 Å². The number of hydrogen-bond donors (Lipinski definition) is 3. The van der Waals surface area contributed by atoms with Gasteiger partial charge in [-0.3, -0.25) is 9.63 Å². The van der Waals surface area contributed by atoms with Crippen molar-refractivity contribution >= 4 is 12.2 Å². The molecule has 1 amide bonds. The number of hydroxylamine groups is 1. The van der Waals surface area contributed by atoms with Crippen molar-refractivity contribution in [2.75, 3.05) is 27.2 Å². The van der Waals surface area contributed by atoms with Crippen LogP contribution in [0.1, 0.15) is 78.6 Å². The number of rotatable bonds is 4. The molecule has 3 N–H and O–H groups in total. The lowest BCUT2D eigenvalue weighted by atomic mass is 9.75. The molecule has 2 heterocycles. The van der Waals surface area contributed by atoms with Crippen LogP contribution in [0.15, 0.2) is 0 Å². The van der Waals surface area contributed by atoms with Crippen LogP contribution in [0.4, 0.5) is 4.39 Å². The van der Waals surface area contributed by atoms with Gasteiger partial charge in [-0.05, 0) is 58.0 Å². The van der Waals surface area contributed by atoms with Crippen molar-refractivity contribution < 1.29 is 18.8 Å². The molecule has 4 aliphatic rings. The summed E-state index contributed by atoms with van der Waals surface area (Å²) in [6.07, 6.45) is 10.2. The third-order valence-electron chi connectivity index (χ3n) is 7.83. The van der Waals surface area contributed by atoms with Gasteiger partial charge in [-0.1, -0.05) is 40.0 Å². The highest BCUT2D eigenvalue weighted by Crippen LogP contribution is 2.37. The number of fused-ring (bicyclic) bond motifs is 1. The van der Waals surface area contributed by atoms with Gasteiger partial charge in [0.1, 0.15) is 12.5 Å². The molecule has 0 bridgehead atoms. The number of carbonyl (C=O) groups excluding carboxylic acids is 2. The minimum Gasteiger partial charge on any atom is -0.341 e. The van der Waals surface area contributed by atoms with E-state index in [1.807, 2.05) is 25.8 Å². The van der Waals surface area contributed by atoms with Gasteiger partial charge < -0.3 is 20.3 Å². The molecule has 0 aromatic heterocycles. The highest BCUT2D eigenvalue weighted by Gasteiger charge is 2.43. The Morgan fingerprint density at radius 1 is 1.15 bits per heavy atom. The maximum Gasteiger partial charge on any atom is 0.225 e. The smallest absolute Gasteiger partial charge is 0.225 e. The Morgan fingerprint density at radius 3 is 2.38 bits per heavy atom. The summed E-state index contributed by atoms with van der Waals surface area (Å²) >= 11 is 0. The summed E-state index contributed by atoms with van der Waals surface area (Å²) in [7, 11) is 3.97. The standard InChI is InChI=1S/C10H16FNO2.C9H18N2O.C7H15N/c1-6-2-3-9(11)8-4-7(5-13)12-14-10(6)8;1-7(2)9(12)11(3)8-4-5-10-6-8;1-8-7-5-3-2-4-6-7/h5-10,12H,2-4H2,1H3;7-8,10H,4-6H2,1-3H3;7-8H,2-6H2,1H3. The van der Waals surface area contributed by atoms with Gasteiger partial charge in [-0.15, -0.1) is 0 Å². The molecule has 2 aliphatic heterocycles. The van der Waals surface area contributed by atoms with Crippen LogP contribution in [0.5, 0.6) is 0 Å². The SMILES string of the molecule is CC(C)C(=O)N(C)C1CCNC1.CC1CCC(F)C2CC(C=O)NOC12.CNC1CCCCC1. The molecule has 0 aromatic rings. The van der Waals surface area contributed by atoms with Crippen LogP contribution < -0.4 is 16.1 Å². The van der Waals surface area contributed by atoms with Crippen molar-refractivity contribution in [2.45, 2.75) is 109 Å². The molecular weight excluding hydrogens is 435 g/mol. The number of carbonyl (C=O) groups is 2. The fraction of sp³-hybridized carbons (Fsp3) is 0.923. The Labute approximate surface area is 206 Å². The first-order chi connectivity index (χ1) is 16.3. The van der Waals surface area contributed by atoms with Gasteiger partial charge in [0.15, 0.2) is 0 Å². The molecule has 34 heavy (non-hydrogen) atoms.